The van der Waals surface area contributed by atoms with E-state index in [-0.39, 0.29) is 11.3 Å². The third kappa shape index (κ3) is 2.59. The van der Waals surface area contributed by atoms with Gasteiger partial charge in [-0.15, -0.1) is 0 Å². The number of ether oxygens (including phenoxy) is 1. The number of hydrogen-bond acceptors (Lipinski definition) is 5. The molecule has 0 saturated heterocycles. The summed E-state index contributed by atoms with van der Waals surface area (Å²) in [6.07, 6.45) is 4.00. The Morgan fingerprint density at radius 3 is 2.72 bits per heavy atom. The van der Waals surface area contributed by atoms with Gasteiger partial charge in [-0.2, -0.15) is 5.26 Å². The van der Waals surface area contributed by atoms with Crippen molar-refractivity contribution in [3.63, 3.8) is 0 Å². The molecule has 0 unspecified atom stereocenters. The minimum Gasteiger partial charge on any atom is -0.478 e. The fourth-order valence-electron chi connectivity index (χ4n) is 1.23. The smallest absolute Gasteiger partial charge is 0.337 e. The van der Waals surface area contributed by atoms with Crippen LogP contribution in [-0.2, 0) is 0 Å². The predicted octanol–water partition coefficient (Wildman–Crippen LogP) is 1.84. The SMILES string of the molecule is N#Cc1ccc(Oc2cncc(C(=O)O)c2)cn1. The van der Waals surface area contributed by atoms with Gasteiger partial charge in [0.2, 0.25) is 0 Å². The lowest BCUT2D eigenvalue weighted by Crippen LogP contribution is -1.97. The predicted molar refractivity (Wildman–Crippen MR) is 60.2 cm³/mol. The second-order valence-electron chi connectivity index (χ2n) is 3.31. The zero-order valence-electron chi connectivity index (χ0n) is 9.07. The number of carboxylic acids is 1. The highest BCUT2D eigenvalue weighted by Crippen LogP contribution is 2.20. The molecule has 2 heterocycles. The van der Waals surface area contributed by atoms with Crippen LogP contribution in [0.15, 0.2) is 36.8 Å². The van der Waals surface area contributed by atoms with Crippen molar-refractivity contribution in [1.29, 1.82) is 5.26 Å². The molecule has 2 aromatic heterocycles. The second kappa shape index (κ2) is 4.93. The van der Waals surface area contributed by atoms with Crippen LogP contribution < -0.4 is 4.74 Å². The van der Waals surface area contributed by atoms with Crippen LogP contribution in [0.1, 0.15) is 16.1 Å². The zero-order valence-corrected chi connectivity index (χ0v) is 9.07. The monoisotopic (exact) mass is 241 g/mol. The standard InChI is InChI=1S/C12H7N3O3/c13-4-9-1-2-10(7-15-9)18-11-3-8(12(16)17)5-14-6-11/h1-3,5-7H,(H,16,17). The molecular formula is C12H7N3O3. The minimum absolute atomic E-state index is 0.0362. The summed E-state index contributed by atoms with van der Waals surface area (Å²) in [6, 6.07) is 6.31. The Balaban J connectivity index is 2.20. The van der Waals surface area contributed by atoms with Gasteiger partial charge in [-0.05, 0) is 18.2 Å². The van der Waals surface area contributed by atoms with Gasteiger partial charge >= 0.3 is 5.97 Å². The summed E-state index contributed by atoms with van der Waals surface area (Å²) in [5.41, 5.74) is 0.314. The summed E-state index contributed by atoms with van der Waals surface area (Å²) in [7, 11) is 0. The Bertz CT molecular complexity index is 617. The first-order chi connectivity index (χ1) is 8.69. The number of carbonyl (C=O) groups is 1. The third-order valence-electron chi connectivity index (χ3n) is 2.05. The first-order valence-electron chi connectivity index (χ1n) is 4.91. The van der Waals surface area contributed by atoms with E-state index in [0.29, 0.717) is 11.5 Å². The van der Waals surface area contributed by atoms with E-state index in [1.54, 1.807) is 6.07 Å². The van der Waals surface area contributed by atoms with Crippen molar-refractivity contribution in [3.05, 3.63) is 48.0 Å². The Labute approximate surface area is 102 Å². The molecule has 0 fully saturated rings. The molecule has 2 aromatic rings. The molecule has 0 aromatic carbocycles. The number of nitriles is 1. The molecule has 1 N–H and O–H groups in total. The number of aromatic nitrogens is 2. The number of carboxylic acid groups (broad SMARTS) is 1. The summed E-state index contributed by atoms with van der Waals surface area (Å²) in [6.45, 7) is 0. The van der Waals surface area contributed by atoms with Gasteiger partial charge in [0.15, 0.2) is 0 Å². The van der Waals surface area contributed by atoms with Crippen LogP contribution in [0.25, 0.3) is 0 Å². The van der Waals surface area contributed by atoms with Crippen LogP contribution in [0.4, 0.5) is 0 Å². The third-order valence-corrected chi connectivity index (χ3v) is 2.05. The van der Waals surface area contributed by atoms with E-state index in [9.17, 15) is 4.79 Å². The molecule has 88 valence electrons. The topological polar surface area (TPSA) is 96.1 Å². The van der Waals surface area contributed by atoms with Gasteiger partial charge in [0.1, 0.15) is 23.3 Å². The fourth-order valence-corrected chi connectivity index (χ4v) is 1.23. The molecule has 18 heavy (non-hydrogen) atoms. The molecule has 0 atom stereocenters. The summed E-state index contributed by atoms with van der Waals surface area (Å²) >= 11 is 0. The van der Waals surface area contributed by atoms with Crippen molar-refractivity contribution >= 4 is 5.97 Å². The van der Waals surface area contributed by atoms with Gasteiger partial charge < -0.3 is 9.84 Å². The van der Waals surface area contributed by atoms with Crippen molar-refractivity contribution < 1.29 is 14.6 Å². The van der Waals surface area contributed by atoms with Crippen LogP contribution in [0.3, 0.4) is 0 Å². The quantitative estimate of drug-likeness (QED) is 0.880. The maximum absolute atomic E-state index is 10.7. The lowest BCUT2D eigenvalue weighted by molar-refractivity contribution is 0.0696. The van der Waals surface area contributed by atoms with Crippen molar-refractivity contribution in [1.82, 2.24) is 9.97 Å². The van der Waals surface area contributed by atoms with E-state index >= 15 is 0 Å². The van der Waals surface area contributed by atoms with Crippen molar-refractivity contribution in [2.24, 2.45) is 0 Å². The molecule has 0 bridgehead atoms. The Kier molecular flexibility index (Phi) is 3.16. The Morgan fingerprint density at radius 1 is 1.28 bits per heavy atom. The molecule has 0 spiro atoms. The van der Waals surface area contributed by atoms with Crippen LogP contribution in [0, 0.1) is 11.3 Å². The molecule has 0 aliphatic rings. The number of nitrogens with zero attached hydrogens (tertiary/aromatic N) is 3. The van der Waals surface area contributed by atoms with E-state index in [1.807, 2.05) is 6.07 Å². The van der Waals surface area contributed by atoms with Crippen LogP contribution in [-0.4, -0.2) is 21.0 Å². The molecule has 2 rings (SSSR count). The highest BCUT2D eigenvalue weighted by molar-refractivity contribution is 5.87. The number of aromatic carboxylic acids is 1. The summed E-state index contributed by atoms with van der Waals surface area (Å²) in [5.74, 6) is -0.384. The first-order valence-corrected chi connectivity index (χ1v) is 4.91. The van der Waals surface area contributed by atoms with Crippen molar-refractivity contribution in [2.75, 3.05) is 0 Å². The lowest BCUT2D eigenvalue weighted by atomic mass is 10.3. The molecule has 0 amide bonds. The molecule has 6 nitrogen and oxygen atoms in total. The normalized spacial score (nSPS) is 9.50. The van der Waals surface area contributed by atoms with Crippen molar-refractivity contribution in [3.8, 4) is 17.6 Å². The fraction of sp³-hybridized carbons (Fsp3) is 0. The highest BCUT2D eigenvalue weighted by Gasteiger charge is 2.05. The van der Waals surface area contributed by atoms with E-state index in [0.717, 1.165) is 0 Å². The first kappa shape index (κ1) is 11.5. The lowest BCUT2D eigenvalue weighted by Gasteiger charge is -2.04. The van der Waals surface area contributed by atoms with Crippen LogP contribution >= 0.6 is 0 Å². The average molecular weight is 241 g/mol. The number of hydrogen-bond donors (Lipinski definition) is 1. The number of rotatable bonds is 3. The van der Waals surface area contributed by atoms with Gasteiger partial charge in [0, 0.05) is 6.20 Å². The minimum atomic E-state index is -1.08. The average Bonchev–Trinajstić information content (AvgIpc) is 2.40. The largest absolute Gasteiger partial charge is 0.478 e. The Morgan fingerprint density at radius 2 is 2.11 bits per heavy atom. The van der Waals surface area contributed by atoms with Gasteiger partial charge in [0.25, 0.3) is 0 Å². The molecule has 0 radical (unpaired) electrons. The number of pyridine rings is 2. The van der Waals surface area contributed by atoms with Gasteiger partial charge in [-0.1, -0.05) is 0 Å². The molecule has 6 heteroatoms. The maximum atomic E-state index is 10.7. The summed E-state index contributed by atoms with van der Waals surface area (Å²) in [4.78, 5) is 18.3. The molecule has 0 saturated carbocycles. The van der Waals surface area contributed by atoms with E-state index in [1.165, 1.54) is 30.7 Å². The highest BCUT2D eigenvalue weighted by atomic mass is 16.5. The molecule has 0 aliphatic heterocycles. The van der Waals surface area contributed by atoms with E-state index in [2.05, 4.69) is 9.97 Å². The van der Waals surface area contributed by atoms with Gasteiger partial charge in [-0.25, -0.2) is 9.78 Å². The maximum Gasteiger partial charge on any atom is 0.337 e. The van der Waals surface area contributed by atoms with Crippen LogP contribution in [0.5, 0.6) is 11.5 Å². The van der Waals surface area contributed by atoms with Gasteiger partial charge in [-0.3, -0.25) is 4.98 Å². The van der Waals surface area contributed by atoms with E-state index in [4.69, 9.17) is 15.1 Å². The zero-order chi connectivity index (χ0) is 13.0. The second-order valence-corrected chi connectivity index (χ2v) is 3.31. The summed E-state index contributed by atoms with van der Waals surface area (Å²) < 4.78 is 5.37. The van der Waals surface area contributed by atoms with Gasteiger partial charge in [0.05, 0.1) is 18.0 Å². The molecular weight excluding hydrogens is 234 g/mol. The molecule has 0 aliphatic carbocycles. The summed E-state index contributed by atoms with van der Waals surface area (Å²) in [5, 5.41) is 17.4. The van der Waals surface area contributed by atoms with Crippen LogP contribution in [0.2, 0.25) is 0 Å². The Hall–Kier alpha value is -2.94. The van der Waals surface area contributed by atoms with E-state index < -0.39 is 5.97 Å². The van der Waals surface area contributed by atoms with Crippen molar-refractivity contribution in [2.45, 2.75) is 0 Å².